The first kappa shape index (κ1) is 18.3. The van der Waals surface area contributed by atoms with E-state index in [4.69, 9.17) is 5.73 Å². The minimum atomic E-state index is -1.25. The van der Waals surface area contributed by atoms with Crippen LogP contribution in [0, 0.1) is 0 Å². The maximum absolute atomic E-state index is 13.3. The molecule has 4 nitrogen and oxygen atoms in total. The number of halogens is 2. The fourth-order valence-corrected chi connectivity index (χ4v) is 4.28. The monoisotopic (exact) mass is 486 g/mol. The Balaban J connectivity index is 2.02. The van der Waals surface area contributed by atoms with E-state index in [2.05, 4.69) is 31.9 Å². The molecule has 1 unspecified atom stereocenters. The van der Waals surface area contributed by atoms with Crippen molar-refractivity contribution < 1.29 is 9.59 Å². The fraction of sp³-hybridized carbons (Fsp3) is 0.143. The predicted molar refractivity (Wildman–Crippen MR) is 112 cm³/mol. The number of carbonyl (C=O) groups excluding carboxylic acids is 2. The van der Waals surface area contributed by atoms with Crippen LogP contribution in [0.2, 0.25) is 0 Å². The number of rotatable bonds is 2. The molecule has 2 N–H and O–H groups in total. The lowest BCUT2D eigenvalue weighted by Crippen LogP contribution is -2.43. The lowest BCUT2D eigenvalue weighted by Gasteiger charge is -2.24. The smallest absolute Gasteiger partial charge is 0.259 e. The highest BCUT2D eigenvalue weighted by molar-refractivity contribution is 9.10. The van der Waals surface area contributed by atoms with Crippen molar-refractivity contribution in [3.8, 4) is 0 Å². The van der Waals surface area contributed by atoms with Crippen LogP contribution >= 0.6 is 31.9 Å². The molecule has 1 aliphatic heterocycles. The van der Waals surface area contributed by atoms with Crippen LogP contribution in [0.4, 0.5) is 0 Å². The summed E-state index contributed by atoms with van der Waals surface area (Å²) in [7, 11) is 1.69. The van der Waals surface area contributed by atoms with Crippen molar-refractivity contribution in [1.29, 1.82) is 0 Å². The summed E-state index contributed by atoms with van der Waals surface area (Å²) < 4.78 is 1.85. The Morgan fingerprint density at radius 3 is 1.85 bits per heavy atom. The summed E-state index contributed by atoms with van der Waals surface area (Å²) in [6.45, 7) is 1.68. The van der Waals surface area contributed by atoms with E-state index in [9.17, 15) is 9.59 Å². The fourth-order valence-electron chi connectivity index (χ4n) is 3.75. The van der Waals surface area contributed by atoms with Gasteiger partial charge in [-0.05, 0) is 42.3 Å². The van der Waals surface area contributed by atoms with Crippen molar-refractivity contribution in [2.75, 3.05) is 7.05 Å². The molecular weight excluding hydrogens is 472 g/mol. The van der Waals surface area contributed by atoms with Gasteiger partial charge >= 0.3 is 0 Å². The van der Waals surface area contributed by atoms with Gasteiger partial charge < -0.3 is 10.6 Å². The van der Waals surface area contributed by atoms with Crippen molar-refractivity contribution in [2.45, 2.75) is 12.5 Å². The van der Waals surface area contributed by atoms with Crippen LogP contribution in [0.1, 0.15) is 18.1 Å². The third-order valence-corrected chi connectivity index (χ3v) is 6.12. The molecule has 2 aromatic carbocycles. The minimum absolute atomic E-state index is 0.205. The average Bonchev–Trinajstić information content (AvgIpc) is 2.99. The number of Topliss-reactive ketones (excluding diaryl/α,β-unsaturated/α-hetero) is 1. The number of carbonyl (C=O) groups is 2. The topological polar surface area (TPSA) is 63.4 Å². The summed E-state index contributed by atoms with van der Waals surface area (Å²) in [5.41, 5.74) is 8.81. The van der Waals surface area contributed by atoms with Crippen LogP contribution in [0.5, 0.6) is 0 Å². The molecule has 4 rings (SSSR count). The van der Waals surface area contributed by atoms with Gasteiger partial charge in [-0.1, -0.05) is 56.1 Å². The molecule has 0 bridgehead atoms. The van der Waals surface area contributed by atoms with Gasteiger partial charge in [0.25, 0.3) is 5.91 Å². The SMILES string of the molecule is CN1C(=O)C2=C(c3ccc(Br)cc3)C(C)(N)C(=O)C2=C1c1ccc(Br)cc1. The van der Waals surface area contributed by atoms with E-state index in [1.807, 2.05) is 48.5 Å². The average molecular weight is 488 g/mol. The highest BCUT2D eigenvalue weighted by Crippen LogP contribution is 2.49. The van der Waals surface area contributed by atoms with Gasteiger partial charge in [-0.25, -0.2) is 0 Å². The molecule has 136 valence electrons. The first-order valence-corrected chi connectivity index (χ1v) is 9.95. The second-order valence-corrected chi connectivity index (χ2v) is 8.71. The number of nitrogens with zero attached hydrogens (tertiary/aromatic N) is 1. The molecule has 1 amide bonds. The van der Waals surface area contributed by atoms with Crippen molar-refractivity contribution in [3.05, 3.63) is 79.7 Å². The molecule has 0 saturated heterocycles. The molecule has 1 atom stereocenters. The summed E-state index contributed by atoms with van der Waals surface area (Å²) >= 11 is 6.83. The lowest BCUT2D eigenvalue weighted by molar-refractivity contribution is -0.122. The number of fused-ring (bicyclic) bond motifs is 1. The van der Waals surface area contributed by atoms with Gasteiger partial charge in [-0.15, -0.1) is 0 Å². The highest BCUT2D eigenvalue weighted by Gasteiger charge is 2.53. The molecule has 6 heteroatoms. The zero-order valence-corrected chi connectivity index (χ0v) is 17.9. The number of amides is 1. The van der Waals surface area contributed by atoms with Crippen LogP contribution in [0.3, 0.4) is 0 Å². The number of hydrogen-bond donors (Lipinski definition) is 1. The van der Waals surface area contributed by atoms with Gasteiger partial charge in [0, 0.05) is 21.6 Å². The van der Waals surface area contributed by atoms with E-state index in [0.717, 1.165) is 20.1 Å². The number of ketones is 1. The Labute approximate surface area is 174 Å². The summed E-state index contributed by atoms with van der Waals surface area (Å²) in [5, 5.41) is 0. The van der Waals surface area contributed by atoms with Crippen LogP contribution in [0.15, 0.2) is 68.6 Å². The Bertz CT molecular complexity index is 1050. The molecule has 1 aliphatic carbocycles. The lowest BCUT2D eigenvalue weighted by atomic mass is 9.87. The minimum Gasteiger partial charge on any atom is -0.315 e. The van der Waals surface area contributed by atoms with Gasteiger partial charge in [0.2, 0.25) is 0 Å². The number of benzene rings is 2. The maximum atomic E-state index is 13.3. The third kappa shape index (κ3) is 2.66. The molecule has 1 heterocycles. The van der Waals surface area contributed by atoms with E-state index in [0.29, 0.717) is 22.4 Å². The highest BCUT2D eigenvalue weighted by atomic mass is 79.9. The van der Waals surface area contributed by atoms with Crippen molar-refractivity contribution in [2.24, 2.45) is 5.73 Å². The predicted octanol–water partition coefficient (Wildman–Crippen LogP) is 4.15. The number of hydrogen-bond acceptors (Lipinski definition) is 3. The second kappa shape index (κ2) is 6.26. The Morgan fingerprint density at radius 1 is 0.852 bits per heavy atom. The molecule has 2 aliphatic rings. The van der Waals surface area contributed by atoms with E-state index in [1.54, 1.807) is 18.9 Å². The van der Waals surface area contributed by atoms with Crippen LogP contribution in [0.25, 0.3) is 11.3 Å². The summed E-state index contributed by atoms with van der Waals surface area (Å²) in [6.07, 6.45) is 0. The van der Waals surface area contributed by atoms with E-state index in [1.165, 1.54) is 0 Å². The Kier molecular flexibility index (Phi) is 4.25. The first-order chi connectivity index (χ1) is 12.7. The molecule has 0 aromatic heterocycles. The first-order valence-electron chi connectivity index (χ1n) is 8.36. The van der Waals surface area contributed by atoms with Crippen molar-refractivity contribution in [1.82, 2.24) is 4.90 Å². The van der Waals surface area contributed by atoms with E-state index in [-0.39, 0.29) is 11.7 Å². The molecule has 0 spiro atoms. The molecule has 0 fully saturated rings. The van der Waals surface area contributed by atoms with Crippen molar-refractivity contribution in [3.63, 3.8) is 0 Å². The van der Waals surface area contributed by atoms with Crippen LogP contribution in [-0.4, -0.2) is 29.2 Å². The van der Waals surface area contributed by atoms with E-state index >= 15 is 0 Å². The second-order valence-electron chi connectivity index (χ2n) is 6.88. The largest absolute Gasteiger partial charge is 0.315 e. The molecule has 2 aromatic rings. The standard InChI is InChI=1S/C21H16Br2N2O2/c1-21(24)17(11-3-7-13(22)8-4-11)15-16(19(21)26)18(25(2)20(15)27)12-5-9-14(23)10-6-12/h3-10H,24H2,1-2H3. The zero-order chi connectivity index (χ0) is 19.5. The quantitative estimate of drug-likeness (QED) is 0.692. The molecule has 0 radical (unpaired) electrons. The van der Waals surface area contributed by atoms with Gasteiger partial charge in [-0.3, -0.25) is 9.59 Å². The molecular formula is C21H16Br2N2O2. The maximum Gasteiger partial charge on any atom is 0.259 e. The normalized spacial score (nSPS) is 22.2. The van der Waals surface area contributed by atoms with Crippen LogP contribution in [-0.2, 0) is 9.59 Å². The zero-order valence-electron chi connectivity index (χ0n) is 14.7. The number of likely N-dealkylation sites (N-methyl/N-ethyl adjacent to an activating group) is 1. The third-order valence-electron chi connectivity index (χ3n) is 5.06. The number of nitrogens with two attached hydrogens (primary N) is 1. The summed E-state index contributed by atoms with van der Waals surface area (Å²) in [5.74, 6) is -0.436. The van der Waals surface area contributed by atoms with E-state index < -0.39 is 5.54 Å². The van der Waals surface area contributed by atoms with Gasteiger partial charge in [0.1, 0.15) is 5.54 Å². The summed E-state index contributed by atoms with van der Waals surface area (Å²) in [6, 6.07) is 15.1. The van der Waals surface area contributed by atoms with Crippen LogP contribution < -0.4 is 5.73 Å². The van der Waals surface area contributed by atoms with Gasteiger partial charge in [0.05, 0.1) is 16.8 Å². The Morgan fingerprint density at radius 2 is 1.33 bits per heavy atom. The van der Waals surface area contributed by atoms with Gasteiger partial charge in [-0.2, -0.15) is 0 Å². The Hall–Kier alpha value is -2.02. The molecule has 27 heavy (non-hydrogen) atoms. The van der Waals surface area contributed by atoms with Gasteiger partial charge in [0.15, 0.2) is 5.78 Å². The van der Waals surface area contributed by atoms with Crippen molar-refractivity contribution >= 4 is 54.8 Å². The molecule has 0 saturated carbocycles. The summed E-state index contributed by atoms with van der Waals surface area (Å²) in [4.78, 5) is 27.9.